The van der Waals surface area contributed by atoms with Gasteiger partial charge in [0.2, 0.25) is 11.8 Å². The smallest absolute Gasteiger partial charge is 0.244 e. The molecule has 3 rings (SSSR count). The van der Waals surface area contributed by atoms with Gasteiger partial charge >= 0.3 is 0 Å². The van der Waals surface area contributed by atoms with E-state index in [1.165, 1.54) is 12.0 Å². The normalized spacial score (nSPS) is 13.7. The first-order valence-corrected chi connectivity index (χ1v) is 11.1. The van der Waals surface area contributed by atoms with E-state index >= 15 is 0 Å². The largest absolute Gasteiger partial charge is 0.508 e. The van der Waals surface area contributed by atoms with Crippen molar-refractivity contribution in [1.29, 1.82) is 0 Å². The number of allylic oxidation sites excluding steroid dienone is 1. The Kier molecular flexibility index (Phi) is 10.8. The summed E-state index contributed by atoms with van der Waals surface area (Å²) in [5.74, 6) is -1.56. The Hall–Kier alpha value is -3.45. The minimum absolute atomic E-state index is 0.122. The fraction of sp³-hybridized carbons (Fsp3) is 0.346. The maximum atomic E-state index is 12.4. The number of rotatable bonds is 7. The second kappa shape index (κ2) is 13.9. The van der Waals surface area contributed by atoms with Crippen LogP contribution in [-0.4, -0.2) is 34.5 Å². The summed E-state index contributed by atoms with van der Waals surface area (Å²) in [6, 6.07) is 15.8. The van der Waals surface area contributed by atoms with Crippen LogP contribution in [0.1, 0.15) is 54.4 Å². The molecule has 176 valence electrons. The molecule has 0 saturated heterocycles. The van der Waals surface area contributed by atoms with Gasteiger partial charge < -0.3 is 10.4 Å². The molecule has 0 aromatic heterocycles. The third-order valence-electron chi connectivity index (χ3n) is 5.35. The molecule has 2 aromatic carbocycles. The molecule has 0 aliphatic heterocycles. The van der Waals surface area contributed by atoms with Crippen LogP contribution in [0.5, 0.6) is 5.75 Å². The number of ketones is 1. The van der Waals surface area contributed by atoms with Gasteiger partial charge in [0.25, 0.3) is 0 Å². The zero-order valence-corrected chi connectivity index (χ0v) is 18.9. The van der Waals surface area contributed by atoms with Crippen LogP contribution in [0.25, 0.3) is 0 Å². The number of nitrogens with one attached hydrogen (secondary N) is 2. The molecule has 0 unspecified atom stereocenters. The molecule has 0 radical (unpaired) electrons. The van der Waals surface area contributed by atoms with Crippen molar-refractivity contribution in [2.24, 2.45) is 5.92 Å². The molecule has 2 aromatic rings. The molecule has 7 heteroatoms. The van der Waals surface area contributed by atoms with E-state index in [-0.39, 0.29) is 24.7 Å². The third kappa shape index (κ3) is 9.70. The van der Waals surface area contributed by atoms with Crippen LogP contribution >= 0.6 is 0 Å². The van der Waals surface area contributed by atoms with Crippen molar-refractivity contribution in [3.05, 3.63) is 77.4 Å². The molecular weight excluding hydrogens is 420 g/mol. The van der Waals surface area contributed by atoms with Crippen LogP contribution in [0.15, 0.2) is 66.2 Å². The summed E-state index contributed by atoms with van der Waals surface area (Å²) in [5.41, 5.74) is 4.42. The molecule has 1 aliphatic carbocycles. The molecule has 7 nitrogen and oxygen atoms in total. The van der Waals surface area contributed by atoms with Crippen molar-refractivity contribution >= 4 is 17.6 Å². The molecule has 0 bridgehead atoms. The van der Waals surface area contributed by atoms with Crippen molar-refractivity contribution in [2.75, 3.05) is 6.54 Å². The molecule has 1 atom stereocenters. The summed E-state index contributed by atoms with van der Waals surface area (Å²) in [6.07, 6.45) is 6.86. The molecular formula is C26H32N2O5. The van der Waals surface area contributed by atoms with Crippen LogP contribution in [0.4, 0.5) is 0 Å². The average molecular weight is 453 g/mol. The van der Waals surface area contributed by atoms with E-state index in [9.17, 15) is 14.4 Å². The lowest BCUT2D eigenvalue weighted by atomic mass is 9.90. The Morgan fingerprint density at radius 1 is 0.970 bits per heavy atom. The van der Waals surface area contributed by atoms with Crippen LogP contribution in [0.2, 0.25) is 0 Å². The van der Waals surface area contributed by atoms with E-state index in [1.807, 2.05) is 31.2 Å². The Morgan fingerprint density at radius 2 is 1.61 bits per heavy atom. The molecule has 1 fully saturated rings. The Balaban J connectivity index is 0.000000405. The highest BCUT2D eigenvalue weighted by Gasteiger charge is 2.22. The number of hydrogen-bond acceptors (Lipinski definition) is 5. The number of hydrogen-bond donors (Lipinski definition) is 4. The first-order chi connectivity index (χ1) is 15.9. The summed E-state index contributed by atoms with van der Waals surface area (Å²) in [6.45, 7) is 1.86. The van der Waals surface area contributed by atoms with E-state index in [1.54, 1.807) is 41.9 Å². The van der Waals surface area contributed by atoms with Crippen molar-refractivity contribution in [2.45, 2.75) is 45.4 Å². The van der Waals surface area contributed by atoms with E-state index in [2.05, 4.69) is 5.32 Å². The summed E-state index contributed by atoms with van der Waals surface area (Å²) in [5, 5.41) is 20.1. The van der Waals surface area contributed by atoms with Gasteiger partial charge in [-0.25, -0.2) is 5.48 Å². The number of Topliss-reactive ketones (excluding diaryl/α,β-unsaturated/α-hetero) is 1. The van der Waals surface area contributed by atoms with Gasteiger partial charge in [-0.05, 0) is 44.7 Å². The van der Waals surface area contributed by atoms with Crippen LogP contribution in [-0.2, 0) is 9.59 Å². The van der Waals surface area contributed by atoms with Gasteiger partial charge in [-0.2, -0.15) is 0 Å². The summed E-state index contributed by atoms with van der Waals surface area (Å²) in [4.78, 5) is 36.0. The van der Waals surface area contributed by atoms with E-state index in [0.717, 1.165) is 31.3 Å². The number of carbonyl (C=O) groups excluding carboxylic acids is 3. The van der Waals surface area contributed by atoms with Crippen molar-refractivity contribution in [1.82, 2.24) is 10.8 Å². The van der Waals surface area contributed by atoms with Gasteiger partial charge in [0.15, 0.2) is 5.78 Å². The number of aromatic hydroxyl groups is 1. The van der Waals surface area contributed by atoms with E-state index < -0.39 is 11.8 Å². The Bertz CT molecular complexity index is 910. The number of carbonyl (C=O) groups is 3. The van der Waals surface area contributed by atoms with E-state index in [4.69, 9.17) is 10.3 Å². The topological polar surface area (TPSA) is 116 Å². The maximum Gasteiger partial charge on any atom is 0.244 e. The van der Waals surface area contributed by atoms with Crippen molar-refractivity contribution < 1.29 is 24.7 Å². The Morgan fingerprint density at radius 3 is 2.18 bits per heavy atom. The highest BCUT2D eigenvalue weighted by molar-refractivity contribution is 5.99. The standard InChI is InChI=1S/C19H24N2O4.C7H8O/c22-17(15-9-5-2-6-10-15)13-20-19(24)16(12-18(23)21-25)11-14-7-3-1-4-8-14;1-6-2-4-7(8)5-3-6/h2,5-6,9-11,16,25H,1,3-4,7-8,12-13H2,(H,20,24)(H,21,23);2-5,8H,1H3/t16-;/m1./s1. The summed E-state index contributed by atoms with van der Waals surface area (Å²) in [7, 11) is 0. The lowest BCUT2D eigenvalue weighted by molar-refractivity contribution is -0.133. The zero-order valence-electron chi connectivity index (χ0n) is 18.9. The molecule has 1 saturated carbocycles. The molecule has 1 aliphatic rings. The fourth-order valence-electron chi connectivity index (χ4n) is 3.50. The number of hydroxylamine groups is 1. The molecule has 0 spiro atoms. The van der Waals surface area contributed by atoms with Gasteiger partial charge in [0.1, 0.15) is 5.75 Å². The van der Waals surface area contributed by atoms with Crippen LogP contribution in [0.3, 0.4) is 0 Å². The maximum absolute atomic E-state index is 12.4. The summed E-state index contributed by atoms with van der Waals surface area (Å²) < 4.78 is 0. The predicted octanol–water partition coefficient (Wildman–Crippen LogP) is 4.09. The average Bonchev–Trinajstić information content (AvgIpc) is 2.85. The molecule has 0 heterocycles. The minimum Gasteiger partial charge on any atom is -0.508 e. The number of phenolic OH excluding ortho intramolecular Hbond substituents is 1. The number of phenols is 1. The number of aryl methyl sites for hydroxylation is 1. The van der Waals surface area contributed by atoms with Crippen molar-refractivity contribution in [3.63, 3.8) is 0 Å². The van der Waals surface area contributed by atoms with E-state index in [0.29, 0.717) is 11.3 Å². The van der Waals surface area contributed by atoms with Crippen LogP contribution in [0, 0.1) is 12.8 Å². The number of amides is 2. The highest BCUT2D eigenvalue weighted by atomic mass is 16.5. The van der Waals surface area contributed by atoms with Gasteiger partial charge in [-0.1, -0.05) is 66.1 Å². The quantitative estimate of drug-likeness (QED) is 0.219. The lowest BCUT2D eigenvalue weighted by Crippen LogP contribution is -2.36. The monoisotopic (exact) mass is 452 g/mol. The van der Waals surface area contributed by atoms with Gasteiger partial charge in [-0.15, -0.1) is 0 Å². The highest BCUT2D eigenvalue weighted by Crippen LogP contribution is 2.25. The zero-order chi connectivity index (χ0) is 24.1. The fourth-order valence-corrected chi connectivity index (χ4v) is 3.50. The van der Waals surface area contributed by atoms with Gasteiger partial charge in [0.05, 0.1) is 12.5 Å². The van der Waals surface area contributed by atoms with Crippen LogP contribution < -0.4 is 10.8 Å². The molecule has 33 heavy (non-hydrogen) atoms. The minimum atomic E-state index is -0.691. The molecule has 4 N–H and O–H groups in total. The second-order valence-electron chi connectivity index (χ2n) is 8.07. The first kappa shape index (κ1) is 25.8. The third-order valence-corrected chi connectivity index (χ3v) is 5.35. The Labute approximate surface area is 194 Å². The lowest BCUT2D eigenvalue weighted by Gasteiger charge is -2.18. The summed E-state index contributed by atoms with van der Waals surface area (Å²) >= 11 is 0. The SMILES string of the molecule is Cc1ccc(O)cc1.O=C(C[C@@H](C=C1CCCCC1)C(=O)NCC(=O)c1ccccc1)NO. The first-order valence-electron chi connectivity index (χ1n) is 11.1. The number of benzene rings is 2. The second-order valence-corrected chi connectivity index (χ2v) is 8.07. The van der Waals surface area contributed by atoms with Gasteiger partial charge in [-0.3, -0.25) is 19.6 Å². The molecule has 2 amide bonds. The predicted molar refractivity (Wildman–Crippen MR) is 126 cm³/mol. The van der Waals surface area contributed by atoms with Gasteiger partial charge in [0, 0.05) is 12.0 Å². The van der Waals surface area contributed by atoms with Crippen molar-refractivity contribution in [3.8, 4) is 5.75 Å².